The molecule has 1 unspecified atom stereocenters. The third-order valence-electron chi connectivity index (χ3n) is 3.19. The fourth-order valence-electron chi connectivity index (χ4n) is 2.03. The van der Waals surface area contributed by atoms with E-state index in [-0.39, 0.29) is 5.92 Å². The van der Waals surface area contributed by atoms with Crippen LogP contribution in [-0.2, 0) is 4.79 Å². The van der Waals surface area contributed by atoms with E-state index in [2.05, 4.69) is 11.0 Å². The molecule has 0 aromatic heterocycles. The second-order valence-electron chi connectivity index (χ2n) is 4.50. The van der Waals surface area contributed by atoms with Crippen molar-refractivity contribution in [3.05, 3.63) is 28.8 Å². The van der Waals surface area contributed by atoms with Gasteiger partial charge in [0.25, 0.3) is 0 Å². The summed E-state index contributed by atoms with van der Waals surface area (Å²) in [6, 6.07) is 6.09. The number of carbonyl (C=O) groups is 1. The Kier molecular flexibility index (Phi) is 3.20. The molecule has 0 saturated carbocycles. The Labute approximate surface area is 101 Å². The van der Waals surface area contributed by atoms with Crippen molar-refractivity contribution in [1.82, 2.24) is 0 Å². The molecule has 2 nitrogen and oxygen atoms in total. The predicted octanol–water partition coefficient (Wildman–Crippen LogP) is 3.06. The third-order valence-corrected chi connectivity index (χ3v) is 3.60. The number of halogens is 1. The summed E-state index contributed by atoms with van der Waals surface area (Å²) in [5.41, 5.74) is 2.21. The van der Waals surface area contributed by atoms with Gasteiger partial charge in [-0.3, -0.25) is 4.79 Å². The van der Waals surface area contributed by atoms with Crippen LogP contribution in [0.15, 0.2) is 18.2 Å². The van der Waals surface area contributed by atoms with E-state index in [4.69, 9.17) is 11.6 Å². The number of benzene rings is 1. The maximum Gasteiger partial charge on any atom is 0.139 e. The molecule has 1 aromatic carbocycles. The Morgan fingerprint density at radius 1 is 1.44 bits per heavy atom. The van der Waals surface area contributed by atoms with Gasteiger partial charge in [0.05, 0.1) is 0 Å². The zero-order valence-electron chi connectivity index (χ0n) is 9.66. The Balaban J connectivity index is 2.18. The molecule has 2 rings (SSSR count). The molecule has 0 radical (unpaired) electrons. The van der Waals surface area contributed by atoms with Gasteiger partial charge in [-0.25, -0.2) is 0 Å². The van der Waals surface area contributed by atoms with Crippen LogP contribution in [0.25, 0.3) is 0 Å². The van der Waals surface area contributed by atoms with Gasteiger partial charge in [-0.2, -0.15) is 0 Å². The Bertz CT molecular complexity index is 416. The fourth-order valence-corrected chi connectivity index (χ4v) is 2.20. The molecule has 16 heavy (non-hydrogen) atoms. The van der Waals surface area contributed by atoms with Gasteiger partial charge >= 0.3 is 0 Å². The number of nitrogens with zero attached hydrogens (tertiary/aromatic N) is 1. The zero-order chi connectivity index (χ0) is 11.7. The van der Waals surface area contributed by atoms with E-state index in [1.165, 1.54) is 0 Å². The number of carbonyl (C=O) groups excluding carboxylic acids is 1. The molecule has 1 fully saturated rings. The SMILES string of the molecule is Cc1ccc(N2CCC(=O)C(C)C2)cc1Cl. The minimum Gasteiger partial charge on any atom is -0.370 e. The maximum atomic E-state index is 11.4. The Morgan fingerprint density at radius 3 is 2.81 bits per heavy atom. The first-order chi connectivity index (χ1) is 7.58. The summed E-state index contributed by atoms with van der Waals surface area (Å²) in [7, 11) is 0. The van der Waals surface area contributed by atoms with Gasteiger partial charge in [-0.05, 0) is 24.6 Å². The molecule has 1 aromatic rings. The van der Waals surface area contributed by atoms with Crippen molar-refractivity contribution in [2.24, 2.45) is 5.92 Å². The van der Waals surface area contributed by atoms with Crippen LogP contribution in [0.3, 0.4) is 0 Å². The molecular formula is C13H16ClNO. The summed E-state index contributed by atoms with van der Waals surface area (Å²) in [5.74, 6) is 0.503. The van der Waals surface area contributed by atoms with Crippen molar-refractivity contribution in [2.75, 3.05) is 18.0 Å². The first-order valence-corrected chi connectivity index (χ1v) is 5.99. The van der Waals surface area contributed by atoms with Gasteiger partial charge in [-0.15, -0.1) is 0 Å². The summed E-state index contributed by atoms with van der Waals surface area (Å²) in [4.78, 5) is 13.7. The summed E-state index contributed by atoms with van der Waals surface area (Å²) in [5, 5.41) is 0.794. The van der Waals surface area contributed by atoms with Crippen LogP contribution in [0.5, 0.6) is 0 Å². The highest BCUT2D eigenvalue weighted by atomic mass is 35.5. The average Bonchev–Trinajstić information content (AvgIpc) is 2.26. The number of hydrogen-bond donors (Lipinski definition) is 0. The molecule has 0 N–H and O–H groups in total. The third kappa shape index (κ3) is 2.22. The van der Waals surface area contributed by atoms with Crippen molar-refractivity contribution in [2.45, 2.75) is 20.3 Å². The lowest BCUT2D eigenvalue weighted by Crippen LogP contribution is -2.39. The highest BCUT2D eigenvalue weighted by Gasteiger charge is 2.23. The minimum absolute atomic E-state index is 0.133. The van der Waals surface area contributed by atoms with Gasteiger partial charge in [0.2, 0.25) is 0 Å². The van der Waals surface area contributed by atoms with E-state index in [1.54, 1.807) is 0 Å². The van der Waals surface area contributed by atoms with Crippen LogP contribution in [0.1, 0.15) is 18.9 Å². The van der Waals surface area contributed by atoms with Crippen molar-refractivity contribution in [1.29, 1.82) is 0 Å². The molecular weight excluding hydrogens is 222 g/mol. The maximum absolute atomic E-state index is 11.4. The monoisotopic (exact) mass is 237 g/mol. The molecule has 1 saturated heterocycles. The van der Waals surface area contributed by atoms with Crippen molar-refractivity contribution in [3.63, 3.8) is 0 Å². The number of piperidine rings is 1. The summed E-state index contributed by atoms with van der Waals surface area (Å²) < 4.78 is 0. The number of hydrogen-bond acceptors (Lipinski definition) is 2. The van der Waals surface area contributed by atoms with Crippen LogP contribution >= 0.6 is 11.6 Å². The normalized spacial score (nSPS) is 21.3. The molecule has 86 valence electrons. The number of anilines is 1. The lowest BCUT2D eigenvalue weighted by atomic mass is 9.98. The number of Topliss-reactive ketones (excluding diaryl/α,β-unsaturated/α-hetero) is 1. The molecule has 1 heterocycles. The topological polar surface area (TPSA) is 20.3 Å². The number of ketones is 1. The molecule has 0 spiro atoms. The largest absolute Gasteiger partial charge is 0.370 e. The van der Waals surface area contributed by atoms with Crippen LogP contribution < -0.4 is 4.90 Å². The summed E-state index contributed by atoms with van der Waals surface area (Å²) in [6.07, 6.45) is 0.645. The molecule has 1 aliphatic rings. The highest BCUT2D eigenvalue weighted by molar-refractivity contribution is 6.31. The molecule has 3 heteroatoms. The predicted molar refractivity (Wildman–Crippen MR) is 67.2 cm³/mol. The van der Waals surface area contributed by atoms with E-state index in [0.717, 1.165) is 29.4 Å². The van der Waals surface area contributed by atoms with E-state index in [9.17, 15) is 4.79 Å². The minimum atomic E-state index is 0.133. The smallest absolute Gasteiger partial charge is 0.139 e. The second kappa shape index (κ2) is 4.46. The number of rotatable bonds is 1. The quantitative estimate of drug-likeness (QED) is 0.748. The van der Waals surface area contributed by atoms with E-state index in [1.807, 2.05) is 26.0 Å². The first-order valence-electron chi connectivity index (χ1n) is 5.62. The van der Waals surface area contributed by atoms with Crippen molar-refractivity contribution >= 4 is 23.1 Å². The van der Waals surface area contributed by atoms with Gasteiger partial charge in [0.1, 0.15) is 5.78 Å². The first kappa shape index (κ1) is 11.5. The van der Waals surface area contributed by atoms with Crippen LogP contribution in [0.4, 0.5) is 5.69 Å². The van der Waals surface area contributed by atoms with E-state index >= 15 is 0 Å². The van der Waals surface area contributed by atoms with E-state index < -0.39 is 0 Å². The summed E-state index contributed by atoms with van der Waals surface area (Å²) >= 11 is 6.10. The Morgan fingerprint density at radius 2 is 2.19 bits per heavy atom. The standard InChI is InChI=1S/C13H16ClNO/c1-9-3-4-11(7-12(9)14)15-6-5-13(16)10(2)8-15/h3-4,7,10H,5-6,8H2,1-2H3. The molecule has 1 atom stereocenters. The summed E-state index contributed by atoms with van der Waals surface area (Å²) in [6.45, 7) is 5.60. The van der Waals surface area contributed by atoms with Gasteiger partial charge < -0.3 is 4.90 Å². The van der Waals surface area contributed by atoms with E-state index in [0.29, 0.717) is 12.2 Å². The highest BCUT2D eigenvalue weighted by Crippen LogP contribution is 2.26. The van der Waals surface area contributed by atoms with Gasteiger partial charge in [0.15, 0.2) is 0 Å². The molecule has 1 aliphatic heterocycles. The molecule has 0 bridgehead atoms. The van der Waals surface area contributed by atoms with Gasteiger partial charge in [0, 0.05) is 36.1 Å². The zero-order valence-corrected chi connectivity index (χ0v) is 10.4. The molecule has 0 amide bonds. The Hall–Kier alpha value is -1.02. The van der Waals surface area contributed by atoms with Crippen LogP contribution in [0.2, 0.25) is 5.02 Å². The average molecular weight is 238 g/mol. The lowest BCUT2D eigenvalue weighted by molar-refractivity contribution is -0.122. The van der Waals surface area contributed by atoms with Gasteiger partial charge in [-0.1, -0.05) is 24.6 Å². The van der Waals surface area contributed by atoms with Crippen LogP contribution in [0, 0.1) is 12.8 Å². The fraction of sp³-hybridized carbons (Fsp3) is 0.462. The van der Waals surface area contributed by atoms with Crippen molar-refractivity contribution < 1.29 is 4.79 Å². The molecule has 0 aliphatic carbocycles. The van der Waals surface area contributed by atoms with Crippen molar-refractivity contribution in [3.8, 4) is 0 Å². The lowest BCUT2D eigenvalue weighted by Gasteiger charge is -2.32. The van der Waals surface area contributed by atoms with Crippen LogP contribution in [-0.4, -0.2) is 18.9 Å². The second-order valence-corrected chi connectivity index (χ2v) is 4.90. The number of aryl methyl sites for hydroxylation is 1.